The number of hydrogen-bond donors (Lipinski definition) is 1. The van der Waals surface area contributed by atoms with E-state index in [0.717, 1.165) is 45.1 Å². The number of unbranched alkanes of at least 4 members (excludes halogenated alkanes) is 1. The van der Waals surface area contributed by atoms with Crippen molar-refractivity contribution in [1.29, 1.82) is 0 Å². The van der Waals surface area contributed by atoms with E-state index in [0.29, 0.717) is 13.2 Å². The highest BCUT2D eigenvalue weighted by Crippen LogP contribution is 2.27. The third kappa shape index (κ3) is 5.67. The van der Waals surface area contributed by atoms with Crippen LogP contribution in [0.2, 0.25) is 0 Å². The van der Waals surface area contributed by atoms with Gasteiger partial charge in [0.2, 0.25) is 5.91 Å². The van der Waals surface area contributed by atoms with Crippen LogP contribution < -0.4 is 5.73 Å². The number of methoxy groups -OCH3 is 1. The summed E-state index contributed by atoms with van der Waals surface area (Å²) in [7, 11) is 1.67. The van der Waals surface area contributed by atoms with E-state index in [4.69, 9.17) is 10.5 Å². The van der Waals surface area contributed by atoms with Gasteiger partial charge >= 0.3 is 0 Å². The van der Waals surface area contributed by atoms with Crippen molar-refractivity contribution in [2.45, 2.75) is 57.4 Å². The topological polar surface area (TPSA) is 55.6 Å². The first kappa shape index (κ1) is 18.7. The van der Waals surface area contributed by atoms with Crippen LogP contribution in [0.3, 0.4) is 0 Å². The molecule has 1 amide bonds. The molecule has 0 bridgehead atoms. The van der Waals surface area contributed by atoms with Crippen molar-refractivity contribution in [3.05, 3.63) is 0 Å². The Morgan fingerprint density at radius 2 is 1.89 bits per heavy atom. The molecule has 1 aliphatic rings. The van der Waals surface area contributed by atoms with E-state index in [-0.39, 0.29) is 18.3 Å². The van der Waals surface area contributed by atoms with Gasteiger partial charge in [-0.3, -0.25) is 4.79 Å². The van der Waals surface area contributed by atoms with Crippen molar-refractivity contribution in [3.8, 4) is 0 Å². The van der Waals surface area contributed by atoms with Crippen molar-refractivity contribution in [1.82, 2.24) is 4.90 Å². The maximum atomic E-state index is 12.6. The van der Waals surface area contributed by atoms with Gasteiger partial charge in [0.25, 0.3) is 0 Å². The van der Waals surface area contributed by atoms with Crippen LogP contribution in [0.4, 0.5) is 0 Å². The lowest BCUT2D eigenvalue weighted by atomic mass is 9.81. The fourth-order valence-corrected chi connectivity index (χ4v) is 2.58. The molecular weight excluding hydrogens is 264 g/mol. The van der Waals surface area contributed by atoms with E-state index < -0.39 is 5.54 Å². The monoisotopic (exact) mass is 292 g/mol. The Kier molecular flexibility index (Phi) is 9.40. The van der Waals surface area contributed by atoms with Gasteiger partial charge in [-0.2, -0.15) is 0 Å². The molecule has 114 valence electrons. The lowest BCUT2D eigenvalue weighted by Gasteiger charge is -2.37. The Morgan fingerprint density at radius 3 is 2.42 bits per heavy atom. The summed E-state index contributed by atoms with van der Waals surface area (Å²) in [4.78, 5) is 14.5. The van der Waals surface area contributed by atoms with Crippen molar-refractivity contribution < 1.29 is 9.53 Å². The molecule has 0 heterocycles. The number of nitrogens with zero attached hydrogens (tertiary/aromatic N) is 1. The minimum atomic E-state index is -0.611. The Labute approximate surface area is 123 Å². The number of nitrogens with two attached hydrogens (primary N) is 1. The minimum Gasteiger partial charge on any atom is -0.383 e. The first-order chi connectivity index (χ1) is 8.64. The first-order valence-electron chi connectivity index (χ1n) is 7.21. The molecule has 0 unspecified atom stereocenters. The summed E-state index contributed by atoms with van der Waals surface area (Å²) < 4.78 is 5.09. The molecule has 1 fully saturated rings. The van der Waals surface area contributed by atoms with Crippen LogP contribution in [-0.2, 0) is 9.53 Å². The van der Waals surface area contributed by atoms with Gasteiger partial charge in [0, 0.05) is 20.2 Å². The molecule has 19 heavy (non-hydrogen) atoms. The van der Waals surface area contributed by atoms with E-state index in [2.05, 4.69) is 6.92 Å². The second-order valence-corrected chi connectivity index (χ2v) is 5.36. The second kappa shape index (κ2) is 9.56. The van der Waals surface area contributed by atoms with Crippen molar-refractivity contribution in [2.75, 3.05) is 26.8 Å². The second-order valence-electron chi connectivity index (χ2n) is 5.36. The number of rotatable bonds is 7. The number of halogens is 1. The zero-order chi connectivity index (χ0) is 13.4. The zero-order valence-electron chi connectivity index (χ0n) is 12.3. The maximum absolute atomic E-state index is 12.6. The van der Waals surface area contributed by atoms with Crippen LogP contribution in [-0.4, -0.2) is 43.2 Å². The molecular formula is C14H29ClN2O2. The fourth-order valence-electron chi connectivity index (χ4n) is 2.58. The Morgan fingerprint density at radius 1 is 1.26 bits per heavy atom. The lowest BCUT2D eigenvalue weighted by Crippen LogP contribution is -2.57. The number of carbonyl (C=O) groups excluding carboxylic acids is 1. The summed E-state index contributed by atoms with van der Waals surface area (Å²) in [5, 5.41) is 0. The molecule has 1 rings (SSSR count). The minimum absolute atomic E-state index is 0. The Balaban J connectivity index is 0.00000324. The standard InChI is InChI=1S/C14H28N2O2.ClH/c1-3-4-10-16(11-12-18-2)13(17)14(15)8-6-5-7-9-14;/h3-12,15H2,1-2H3;1H. The van der Waals surface area contributed by atoms with Crippen LogP contribution in [0.1, 0.15) is 51.9 Å². The number of carbonyl (C=O) groups is 1. The van der Waals surface area contributed by atoms with Crippen molar-refractivity contribution in [2.24, 2.45) is 5.73 Å². The predicted molar refractivity (Wildman–Crippen MR) is 80.6 cm³/mol. The Hall–Kier alpha value is -0.320. The predicted octanol–water partition coefficient (Wildman–Crippen LogP) is 2.34. The summed E-state index contributed by atoms with van der Waals surface area (Å²) in [5.41, 5.74) is 5.70. The number of hydrogen-bond acceptors (Lipinski definition) is 3. The normalized spacial score (nSPS) is 17.6. The molecule has 1 aliphatic carbocycles. The van der Waals surface area contributed by atoms with Gasteiger partial charge < -0.3 is 15.4 Å². The third-order valence-corrected chi connectivity index (χ3v) is 3.81. The van der Waals surface area contributed by atoms with Gasteiger partial charge in [-0.1, -0.05) is 32.6 Å². The van der Waals surface area contributed by atoms with E-state index >= 15 is 0 Å². The average Bonchev–Trinajstić information content (AvgIpc) is 2.39. The molecule has 0 aromatic rings. The molecule has 5 heteroatoms. The molecule has 0 aliphatic heterocycles. The molecule has 0 aromatic heterocycles. The van der Waals surface area contributed by atoms with Gasteiger partial charge in [0.05, 0.1) is 12.1 Å². The number of ether oxygens (including phenoxy) is 1. The highest BCUT2D eigenvalue weighted by molar-refractivity contribution is 5.86. The van der Waals surface area contributed by atoms with Crippen molar-refractivity contribution in [3.63, 3.8) is 0 Å². The van der Waals surface area contributed by atoms with E-state index in [1.165, 1.54) is 6.42 Å². The van der Waals surface area contributed by atoms with Crippen LogP contribution in [0, 0.1) is 0 Å². The molecule has 2 N–H and O–H groups in total. The molecule has 0 spiro atoms. The van der Waals surface area contributed by atoms with E-state index in [9.17, 15) is 4.79 Å². The largest absolute Gasteiger partial charge is 0.383 e. The highest BCUT2D eigenvalue weighted by Gasteiger charge is 2.37. The maximum Gasteiger partial charge on any atom is 0.242 e. The molecule has 4 nitrogen and oxygen atoms in total. The Bertz CT molecular complexity index is 248. The molecule has 0 radical (unpaired) electrons. The van der Waals surface area contributed by atoms with Crippen molar-refractivity contribution >= 4 is 18.3 Å². The van der Waals surface area contributed by atoms with Crippen LogP contribution in [0.25, 0.3) is 0 Å². The van der Waals surface area contributed by atoms with Gasteiger partial charge in [-0.15, -0.1) is 12.4 Å². The van der Waals surface area contributed by atoms with E-state index in [1.54, 1.807) is 7.11 Å². The fraction of sp³-hybridized carbons (Fsp3) is 0.929. The summed E-state index contributed by atoms with van der Waals surface area (Å²) >= 11 is 0. The summed E-state index contributed by atoms with van der Waals surface area (Å²) in [6.07, 6.45) is 7.16. The van der Waals surface area contributed by atoms with Gasteiger partial charge in [0.1, 0.15) is 0 Å². The summed E-state index contributed by atoms with van der Waals surface area (Å²) in [5.74, 6) is 0.132. The molecule has 0 atom stereocenters. The first-order valence-corrected chi connectivity index (χ1v) is 7.21. The van der Waals surface area contributed by atoms with Gasteiger partial charge in [0.15, 0.2) is 0 Å². The smallest absolute Gasteiger partial charge is 0.242 e. The third-order valence-electron chi connectivity index (χ3n) is 3.81. The quantitative estimate of drug-likeness (QED) is 0.783. The van der Waals surface area contributed by atoms with Gasteiger partial charge in [-0.05, 0) is 19.3 Å². The summed E-state index contributed by atoms with van der Waals surface area (Å²) in [6, 6.07) is 0. The van der Waals surface area contributed by atoms with E-state index in [1.807, 2.05) is 4.90 Å². The van der Waals surface area contributed by atoms with Crippen LogP contribution in [0.15, 0.2) is 0 Å². The molecule has 1 saturated carbocycles. The van der Waals surface area contributed by atoms with Gasteiger partial charge in [-0.25, -0.2) is 0 Å². The number of amides is 1. The van der Waals surface area contributed by atoms with Crippen LogP contribution in [0.5, 0.6) is 0 Å². The molecule has 0 aromatic carbocycles. The SMILES string of the molecule is CCCCN(CCOC)C(=O)C1(N)CCCCC1.Cl. The van der Waals surface area contributed by atoms with Crippen LogP contribution >= 0.6 is 12.4 Å². The lowest BCUT2D eigenvalue weighted by molar-refractivity contribution is -0.139. The zero-order valence-corrected chi connectivity index (χ0v) is 13.1. The summed E-state index contributed by atoms with van der Waals surface area (Å²) in [6.45, 7) is 4.19. The average molecular weight is 293 g/mol. The highest BCUT2D eigenvalue weighted by atomic mass is 35.5. The molecule has 0 saturated heterocycles.